The fourth-order valence-corrected chi connectivity index (χ4v) is 8.03. The highest BCUT2D eigenvalue weighted by Gasteiger charge is 2.56. The Kier molecular flexibility index (Phi) is 6.83. The van der Waals surface area contributed by atoms with Crippen LogP contribution < -0.4 is 9.64 Å². The van der Waals surface area contributed by atoms with Crippen LogP contribution in [-0.4, -0.2) is 56.4 Å². The fraction of sp³-hybridized carbons (Fsp3) is 0.576. The Labute approximate surface area is 223 Å². The third-order valence-electron chi connectivity index (χ3n) is 10.2. The van der Waals surface area contributed by atoms with E-state index in [1.807, 2.05) is 0 Å². The molecule has 1 heterocycles. The van der Waals surface area contributed by atoms with E-state index >= 15 is 0 Å². The second kappa shape index (κ2) is 10.1. The lowest BCUT2D eigenvalue weighted by atomic mass is 9.55. The first-order valence-corrected chi connectivity index (χ1v) is 14.6. The van der Waals surface area contributed by atoms with Gasteiger partial charge in [0.25, 0.3) is 0 Å². The van der Waals surface area contributed by atoms with Gasteiger partial charge in [0.15, 0.2) is 0 Å². The summed E-state index contributed by atoms with van der Waals surface area (Å²) in [5.74, 6) is 2.87. The molecular formula is C33H44N2O2. The molecule has 3 aliphatic carbocycles. The Hall–Kier alpha value is -2.30. The van der Waals surface area contributed by atoms with Gasteiger partial charge in [-0.3, -0.25) is 4.90 Å². The molecule has 1 aliphatic heterocycles. The van der Waals surface area contributed by atoms with Gasteiger partial charge in [-0.05, 0) is 122 Å². The number of ether oxygens (including phenoxy) is 1. The van der Waals surface area contributed by atoms with Crippen molar-refractivity contribution in [2.45, 2.75) is 63.9 Å². The van der Waals surface area contributed by atoms with E-state index in [1.54, 1.807) is 5.56 Å². The first-order valence-electron chi connectivity index (χ1n) is 14.6. The van der Waals surface area contributed by atoms with Crippen molar-refractivity contribution in [2.24, 2.45) is 17.3 Å². The van der Waals surface area contributed by atoms with E-state index in [0.29, 0.717) is 17.8 Å². The summed E-state index contributed by atoms with van der Waals surface area (Å²) < 4.78 is 6.18. The van der Waals surface area contributed by atoms with Crippen LogP contribution in [0, 0.1) is 17.3 Å². The number of fused-ring (bicyclic) bond motifs is 5. The third kappa shape index (κ3) is 4.72. The number of benzene rings is 2. The topological polar surface area (TPSA) is 35.9 Å². The number of hydrogen-bond acceptors (Lipinski definition) is 4. The summed E-state index contributed by atoms with van der Waals surface area (Å²) in [6.45, 7) is 6.65. The average Bonchev–Trinajstić information content (AvgIpc) is 3.51. The van der Waals surface area contributed by atoms with Crippen molar-refractivity contribution >= 4 is 11.8 Å². The zero-order valence-corrected chi connectivity index (χ0v) is 23.0. The molecule has 4 heteroatoms. The number of aliphatic hydroxyl groups excluding tert-OH is 1. The Morgan fingerprint density at radius 2 is 1.86 bits per heavy atom. The molecular weight excluding hydrogens is 456 g/mol. The summed E-state index contributed by atoms with van der Waals surface area (Å²) in [6, 6.07) is 15.6. The molecule has 2 aromatic carbocycles. The van der Waals surface area contributed by atoms with E-state index in [2.05, 4.69) is 79.4 Å². The molecule has 1 saturated heterocycles. The van der Waals surface area contributed by atoms with Gasteiger partial charge in [-0.25, -0.2) is 0 Å². The summed E-state index contributed by atoms with van der Waals surface area (Å²) in [4.78, 5) is 4.64. The molecule has 5 atom stereocenters. The predicted molar refractivity (Wildman–Crippen MR) is 152 cm³/mol. The minimum absolute atomic E-state index is 0.00724. The monoisotopic (exact) mass is 500 g/mol. The van der Waals surface area contributed by atoms with Gasteiger partial charge < -0.3 is 14.7 Å². The van der Waals surface area contributed by atoms with Gasteiger partial charge in [-0.2, -0.15) is 0 Å². The molecule has 4 nitrogen and oxygen atoms in total. The standard InChI is InChI=1S/C33H44N2O2/c1-33-15-14-29-28-13-11-27(37-19-18-35-16-4-5-17-35)21-24(28)8-12-30(29)31(33)22-25(32(33)36)20-23-6-9-26(10-7-23)34(2)3/h6-7,9-11,13,20-21,29-32,36H,4-5,8,12,14-19,22H2,1-3H3/b25-20-. The largest absolute Gasteiger partial charge is 0.492 e. The molecule has 198 valence electrons. The lowest BCUT2D eigenvalue weighted by Gasteiger charge is -2.49. The van der Waals surface area contributed by atoms with E-state index in [0.717, 1.165) is 38.2 Å². The maximum atomic E-state index is 11.5. The Morgan fingerprint density at radius 3 is 2.62 bits per heavy atom. The zero-order valence-electron chi connectivity index (χ0n) is 23.0. The summed E-state index contributed by atoms with van der Waals surface area (Å²) in [5, 5.41) is 11.5. The van der Waals surface area contributed by atoms with Crippen LogP contribution >= 0.6 is 0 Å². The minimum atomic E-state index is -0.334. The molecule has 0 bridgehead atoms. The first kappa shape index (κ1) is 25.0. The van der Waals surface area contributed by atoms with Crippen LogP contribution in [0.15, 0.2) is 48.0 Å². The Bertz CT molecular complexity index is 1130. The summed E-state index contributed by atoms with van der Waals surface area (Å²) in [7, 11) is 4.14. The van der Waals surface area contributed by atoms with Gasteiger partial charge in [0.1, 0.15) is 12.4 Å². The van der Waals surface area contributed by atoms with E-state index in [9.17, 15) is 5.11 Å². The molecule has 0 aromatic heterocycles. The van der Waals surface area contributed by atoms with Crippen LogP contribution in [0.4, 0.5) is 5.69 Å². The number of aryl methyl sites for hydroxylation is 1. The predicted octanol–water partition coefficient (Wildman–Crippen LogP) is 6.14. The molecule has 6 rings (SSSR count). The number of likely N-dealkylation sites (tertiary alicyclic amines) is 1. The molecule has 2 saturated carbocycles. The van der Waals surface area contributed by atoms with Crippen LogP contribution in [-0.2, 0) is 6.42 Å². The van der Waals surface area contributed by atoms with Gasteiger partial charge in [0.2, 0.25) is 0 Å². The second-order valence-electron chi connectivity index (χ2n) is 12.5. The third-order valence-corrected chi connectivity index (χ3v) is 10.2. The van der Waals surface area contributed by atoms with Crippen LogP contribution in [0.2, 0.25) is 0 Å². The van der Waals surface area contributed by atoms with Gasteiger partial charge in [0.05, 0.1) is 6.10 Å². The van der Waals surface area contributed by atoms with Crippen molar-refractivity contribution in [1.29, 1.82) is 0 Å². The number of nitrogens with zero attached hydrogens (tertiary/aromatic N) is 2. The lowest BCUT2D eigenvalue weighted by molar-refractivity contribution is -0.0158. The molecule has 37 heavy (non-hydrogen) atoms. The molecule has 0 spiro atoms. The smallest absolute Gasteiger partial charge is 0.119 e. The molecule has 4 aliphatic rings. The number of rotatable bonds is 6. The number of anilines is 1. The van der Waals surface area contributed by atoms with Crippen LogP contribution in [0.1, 0.15) is 68.1 Å². The Balaban J connectivity index is 1.16. The van der Waals surface area contributed by atoms with Gasteiger partial charge >= 0.3 is 0 Å². The quantitative estimate of drug-likeness (QED) is 0.517. The van der Waals surface area contributed by atoms with E-state index < -0.39 is 0 Å². The average molecular weight is 501 g/mol. The molecule has 1 N–H and O–H groups in total. The van der Waals surface area contributed by atoms with Crippen molar-refractivity contribution in [3.8, 4) is 5.75 Å². The molecule has 0 radical (unpaired) electrons. The van der Waals surface area contributed by atoms with Crippen molar-refractivity contribution in [3.05, 3.63) is 64.7 Å². The molecule has 3 fully saturated rings. The van der Waals surface area contributed by atoms with Crippen LogP contribution in [0.5, 0.6) is 5.75 Å². The maximum Gasteiger partial charge on any atom is 0.119 e. The summed E-state index contributed by atoms with van der Waals surface area (Å²) in [5.41, 5.74) is 6.68. The minimum Gasteiger partial charge on any atom is -0.492 e. The molecule has 5 unspecified atom stereocenters. The number of hydrogen-bond donors (Lipinski definition) is 1. The van der Waals surface area contributed by atoms with Crippen LogP contribution in [0.25, 0.3) is 6.08 Å². The highest BCUT2D eigenvalue weighted by molar-refractivity contribution is 5.59. The fourth-order valence-electron chi connectivity index (χ4n) is 8.03. The highest BCUT2D eigenvalue weighted by atomic mass is 16.5. The van der Waals surface area contributed by atoms with Crippen molar-refractivity contribution in [2.75, 3.05) is 45.2 Å². The second-order valence-corrected chi connectivity index (χ2v) is 12.5. The normalized spacial score (nSPS) is 32.2. The summed E-state index contributed by atoms with van der Waals surface area (Å²) in [6.07, 6.45) is 10.3. The van der Waals surface area contributed by atoms with Crippen molar-refractivity contribution in [1.82, 2.24) is 4.90 Å². The first-order chi connectivity index (χ1) is 17.9. The Morgan fingerprint density at radius 1 is 1.08 bits per heavy atom. The van der Waals surface area contributed by atoms with E-state index in [1.165, 1.54) is 61.2 Å². The molecule has 2 aromatic rings. The van der Waals surface area contributed by atoms with Crippen molar-refractivity contribution < 1.29 is 9.84 Å². The lowest BCUT2D eigenvalue weighted by Crippen LogP contribution is -2.44. The van der Waals surface area contributed by atoms with E-state index in [-0.39, 0.29) is 11.5 Å². The molecule has 0 amide bonds. The zero-order chi connectivity index (χ0) is 25.6. The van der Waals surface area contributed by atoms with E-state index in [4.69, 9.17) is 4.74 Å². The SMILES string of the molecule is CN(C)c1ccc(/C=C2/CC3C4CCc5cc(OCCN6CCCC6)ccc5C4CCC3(C)C2O)cc1. The van der Waals surface area contributed by atoms with Gasteiger partial charge in [-0.1, -0.05) is 31.2 Å². The van der Waals surface area contributed by atoms with Gasteiger partial charge in [0, 0.05) is 31.7 Å². The van der Waals surface area contributed by atoms with Gasteiger partial charge in [-0.15, -0.1) is 0 Å². The summed E-state index contributed by atoms with van der Waals surface area (Å²) >= 11 is 0. The van der Waals surface area contributed by atoms with Crippen molar-refractivity contribution in [3.63, 3.8) is 0 Å². The maximum absolute atomic E-state index is 11.5. The van der Waals surface area contributed by atoms with Crippen LogP contribution in [0.3, 0.4) is 0 Å². The highest BCUT2D eigenvalue weighted by Crippen LogP contribution is 2.62. The number of aliphatic hydroxyl groups is 1.